The number of anilines is 1. The molecule has 0 saturated carbocycles. The Morgan fingerprint density at radius 1 is 1.38 bits per heavy atom. The predicted molar refractivity (Wildman–Crippen MR) is 80.4 cm³/mol. The van der Waals surface area contributed by atoms with E-state index in [0.29, 0.717) is 4.90 Å². The Balaban J connectivity index is 2.23. The number of carbonyl (C=O) groups is 3. The van der Waals surface area contributed by atoms with Crippen molar-refractivity contribution >= 4 is 35.2 Å². The number of para-hydroxylation sites is 1. The van der Waals surface area contributed by atoms with Crippen molar-refractivity contribution in [1.82, 2.24) is 0 Å². The SMILES string of the molecule is N[C@@H](CS[C@@H]1CC(=O)N(c2ccccc2C(F)(F)F)C1=O)C(=O)O. The van der Waals surface area contributed by atoms with Crippen molar-refractivity contribution in [2.75, 3.05) is 10.7 Å². The largest absolute Gasteiger partial charge is 0.480 e. The van der Waals surface area contributed by atoms with E-state index in [9.17, 15) is 27.6 Å². The van der Waals surface area contributed by atoms with Gasteiger partial charge in [0.1, 0.15) is 6.04 Å². The topological polar surface area (TPSA) is 101 Å². The zero-order valence-corrected chi connectivity index (χ0v) is 12.9. The zero-order valence-electron chi connectivity index (χ0n) is 12.1. The lowest BCUT2D eigenvalue weighted by Gasteiger charge is -2.20. The summed E-state index contributed by atoms with van der Waals surface area (Å²) in [5.74, 6) is -2.97. The molecule has 24 heavy (non-hydrogen) atoms. The lowest BCUT2D eigenvalue weighted by atomic mass is 10.1. The van der Waals surface area contributed by atoms with Gasteiger partial charge in [-0.2, -0.15) is 13.2 Å². The number of amides is 2. The van der Waals surface area contributed by atoms with E-state index in [-0.39, 0.29) is 12.2 Å². The number of benzene rings is 1. The van der Waals surface area contributed by atoms with Gasteiger partial charge >= 0.3 is 12.1 Å². The van der Waals surface area contributed by atoms with Crippen LogP contribution in [0.25, 0.3) is 0 Å². The molecule has 1 aromatic rings. The summed E-state index contributed by atoms with van der Waals surface area (Å²) in [7, 11) is 0. The fourth-order valence-corrected chi connectivity index (χ4v) is 3.28. The van der Waals surface area contributed by atoms with Gasteiger partial charge in [0.25, 0.3) is 0 Å². The van der Waals surface area contributed by atoms with Crippen molar-refractivity contribution < 1.29 is 32.7 Å². The number of carboxylic acid groups (broad SMARTS) is 1. The molecular weight excluding hydrogens is 349 g/mol. The van der Waals surface area contributed by atoms with Crippen LogP contribution < -0.4 is 10.6 Å². The molecule has 1 aromatic carbocycles. The standard InChI is InChI=1S/C14H13F3N2O4S/c15-14(16,17)7-3-1-2-4-9(7)19-11(20)5-10(12(19)21)24-6-8(18)13(22)23/h1-4,8,10H,5-6,18H2,(H,22,23)/t8-,10+/m0/s1. The van der Waals surface area contributed by atoms with Gasteiger partial charge in [-0.25, -0.2) is 4.90 Å². The van der Waals surface area contributed by atoms with Gasteiger partial charge in [-0.05, 0) is 12.1 Å². The number of rotatable bonds is 5. The molecule has 1 fully saturated rings. The first kappa shape index (κ1) is 18.3. The van der Waals surface area contributed by atoms with E-state index in [0.717, 1.165) is 30.0 Å². The number of carboxylic acids is 1. The highest BCUT2D eigenvalue weighted by molar-refractivity contribution is 8.00. The van der Waals surface area contributed by atoms with Crippen LogP contribution in [0.15, 0.2) is 24.3 Å². The Labute approximate surface area is 138 Å². The third-order valence-corrected chi connectivity index (χ3v) is 4.67. The molecular formula is C14H13F3N2O4S. The minimum atomic E-state index is -4.71. The summed E-state index contributed by atoms with van der Waals surface area (Å²) in [6.07, 6.45) is -5.02. The third kappa shape index (κ3) is 3.70. The maximum atomic E-state index is 13.1. The molecule has 0 bridgehead atoms. The summed E-state index contributed by atoms with van der Waals surface area (Å²) >= 11 is 0.845. The molecule has 1 heterocycles. The van der Waals surface area contributed by atoms with Gasteiger partial charge in [0.2, 0.25) is 11.8 Å². The van der Waals surface area contributed by atoms with E-state index in [1.165, 1.54) is 6.07 Å². The number of carbonyl (C=O) groups excluding carboxylic acids is 2. The number of halogens is 3. The van der Waals surface area contributed by atoms with Crippen molar-refractivity contribution in [3.8, 4) is 0 Å². The fourth-order valence-electron chi connectivity index (χ4n) is 2.19. The second-order valence-corrected chi connectivity index (χ2v) is 6.29. The van der Waals surface area contributed by atoms with Crippen molar-refractivity contribution in [2.45, 2.75) is 23.9 Å². The molecule has 1 aliphatic heterocycles. The number of alkyl halides is 3. The van der Waals surface area contributed by atoms with E-state index >= 15 is 0 Å². The number of imide groups is 1. The minimum Gasteiger partial charge on any atom is -0.480 e. The molecule has 0 radical (unpaired) electrons. The van der Waals surface area contributed by atoms with Crippen LogP contribution in [0, 0.1) is 0 Å². The molecule has 0 spiro atoms. The molecule has 3 N–H and O–H groups in total. The Morgan fingerprint density at radius 2 is 2.00 bits per heavy atom. The molecule has 0 aliphatic carbocycles. The van der Waals surface area contributed by atoms with Crippen LogP contribution in [-0.2, 0) is 20.6 Å². The number of aliphatic carboxylic acids is 1. The highest BCUT2D eigenvalue weighted by Crippen LogP contribution is 2.39. The van der Waals surface area contributed by atoms with Crippen LogP contribution in [0.1, 0.15) is 12.0 Å². The van der Waals surface area contributed by atoms with Crippen LogP contribution in [0.4, 0.5) is 18.9 Å². The molecule has 6 nitrogen and oxygen atoms in total. The molecule has 2 amide bonds. The number of thioether (sulfide) groups is 1. The van der Waals surface area contributed by atoms with Crippen LogP contribution in [0.2, 0.25) is 0 Å². The molecule has 0 aromatic heterocycles. The maximum Gasteiger partial charge on any atom is 0.418 e. The summed E-state index contributed by atoms with van der Waals surface area (Å²) in [6.45, 7) is 0. The molecule has 2 atom stereocenters. The van der Waals surface area contributed by atoms with Crippen molar-refractivity contribution in [1.29, 1.82) is 0 Å². The van der Waals surface area contributed by atoms with Gasteiger partial charge in [0.05, 0.1) is 16.5 Å². The Morgan fingerprint density at radius 3 is 2.58 bits per heavy atom. The van der Waals surface area contributed by atoms with Crippen LogP contribution in [0.3, 0.4) is 0 Å². The van der Waals surface area contributed by atoms with E-state index in [2.05, 4.69) is 0 Å². The zero-order chi connectivity index (χ0) is 18.1. The third-order valence-electron chi connectivity index (χ3n) is 3.35. The normalized spacial score (nSPS) is 19.7. The molecule has 2 rings (SSSR count). The predicted octanol–water partition coefficient (Wildman–Crippen LogP) is 1.48. The highest BCUT2D eigenvalue weighted by atomic mass is 32.2. The van der Waals surface area contributed by atoms with E-state index in [4.69, 9.17) is 10.8 Å². The Hall–Kier alpha value is -2.07. The average molecular weight is 362 g/mol. The smallest absolute Gasteiger partial charge is 0.418 e. The number of hydrogen-bond donors (Lipinski definition) is 2. The number of nitrogens with two attached hydrogens (primary N) is 1. The summed E-state index contributed by atoms with van der Waals surface area (Å²) in [5, 5.41) is 7.75. The first-order valence-corrected chi connectivity index (χ1v) is 7.80. The van der Waals surface area contributed by atoms with Gasteiger partial charge < -0.3 is 10.8 Å². The summed E-state index contributed by atoms with van der Waals surface area (Å²) in [6, 6.07) is 3.07. The van der Waals surface area contributed by atoms with Gasteiger partial charge in [-0.1, -0.05) is 12.1 Å². The average Bonchev–Trinajstić information content (AvgIpc) is 2.78. The lowest BCUT2D eigenvalue weighted by Crippen LogP contribution is -2.35. The second-order valence-electron chi connectivity index (χ2n) is 5.05. The van der Waals surface area contributed by atoms with E-state index in [1.807, 2.05) is 0 Å². The molecule has 1 saturated heterocycles. The monoisotopic (exact) mass is 362 g/mol. The van der Waals surface area contributed by atoms with Crippen molar-refractivity contribution in [3.05, 3.63) is 29.8 Å². The summed E-state index contributed by atoms with van der Waals surface area (Å²) in [5.41, 5.74) is 3.72. The van der Waals surface area contributed by atoms with Crippen LogP contribution in [0.5, 0.6) is 0 Å². The summed E-state index contributed by atoms with van der Waals surface area (Å²) < 4.78 is 39.2. The molecule has 10 heteroatoms. The first-order valence-electron chi connectivity index (χ1n) is 6.76. The minimum absolute atomic E-state index is 0.131. The molecule has 130 valence electrons. The quantitative estimate of drug-likeness (QED) is 0.770. The first-order chi connectivity index (χ1) is 11.1. The fraction of sp³-hybridized carbons (Fsp3) is 0.357. The Bertz CT molecular complexity index is 680. The molecule has 1 aliphatic rings. The second kappa shape index (κ2) is 6.81. The highest BCUT2D eigenvalue weighted by Gasteiger charge is 2.44. The lowest BCUT2D eigenvalue weighted by molar-refractivity contribution is -0.138. The Kier molecular flexibility index (Phi) is 5.19. The summed E-state index contributed by atoms with van der Waals surface area (Å²) in [4.78, 5) is 35.5. The number of hydrogen-bond acceptors (Lipinski definition) is 5. The van der Waals surface area contributed by atoms with Crippen LogP contribution in [-0.4, -0.2) is 39.9 Å². The van der Waals surface area contributed by atoms with E-state index < -0.39 is 46.5 Å². The van der Waals surface area contributed by atoms with Gasteiger partial charge in [0, 0.05) is 12.2 Å². The van der Waals surface area contributed by atoms with Gasteiger partial charge in [-0.15, -0.1) is 11.8 Å². The van der Waals surface area contributed by atoms with Crippen LogP contribution >= 0.6 is 11.8 Å². The number of nitrogens with zero attached hydrogens (tertiary/aromatic N) is 1. The van der Waals surface area contributed by atoms with Gasteiger partial charge in [-0.3, -0.25) is 14.4 Å². The van der Waals surface area contributed by atoms with Gasteiger partial charge in [0.15, 0.2) is 0 Å². The van der Waals surface area contributed by atoms with Crippen molar-refractivity contribution in [2.24, 2.45) is 5.73 Å². The van der Waals surface area contributed by atoms with E-state index in [1.54, 1.807) is 0 Å². The maximum absolute atomic E-state index is 13.1. The molecule has 0 unspecified atom stereocenters. The van der Waals surface area contributed by atoms with Crippen molar-refractivity contribution in [3.63, 3.8) is 0 Å².